The van der Waals surface area contributed by atoms with E-state index >= 15 is 4.39 Å². The third kappa shape index (κ3) is 3.10. The highest BCUT2D eigenvalue weighted by Gasteiger charge is 2.46. The fourth-order valence-electron chi connectivity index (χ4n) is 5.97. The van der Waals surface area contributed by atoms with Crippen molar-refractivity contribution < 1.29 is 33.7 Å². The van der Waals surface area contributed by atoms with Gasteiger partial charge in [0.1, 0.15) is 13.2 Å². The summed E-state index contributed by atoms with van der Waals surface area (Å²) in [6, 6.07) is 2.33. The second-order valence-electron chi connectivity index (χ2n) is 9.54. The molecule has 1 aliphatic carbocycles. The highest BCUT2D eigenvalue weighted by atomic mass is 19.1. The van der Waals surface area contributed by atoms with E-state index in [2.05, 4.69) is 5.32 Å². The van der Waals surface area contributed by atoms with Crippen LogP contribution in [0.4, 0.5) is 4.39 Å². The smallest absolute Gasteiger partial charge is 0.343 e. The van der Waals surface area contributed by atoms with E-state index in [1.54, 1.807) is 13.0 Å². The number of pyridine rings is 2. The van der Waals surface area contributed by atoms with Gasteiger partial charge < -0.3 is 29.6 Å². The van der Waals surface area contributed by atoms with E-state index in [1.165, 1.54) is 17.7 Å². The van der Waals surface area contributed by atoms with Gasteiger partial charge in [-0.2, -0.15) is 0 Å². The third-order valence-electron chi connectivity index (χ3n) is 7.74. The number of aryl methyl sites for hydroxylation is 1. The molecule has 3 aromatic rings. The molecule has 37 heavy (non-hydrogen) atoms. The number of aliphatic hydroxyl groups is 2. The number of nitrogens with zero attached hydrogens (tertiary/aromatic N) is 2. The van der Waals surface area contributed by atoms with Crippen LogP contribution in [0.1, 0.15) is 53.6 Å². The van der Waals surface area contributed by atoms with E-state index in [0.29, 0.717) is 51.8 Å². The van der Waals surface area contributed by atoms with Crippen molar-refractivity contribution in [1.29, 1.82) is 0 Å². The third-order valence-corrected chi connectivity index (χ3v) is 7.74. The molecule has 2 atom stereocenters. The number of ether oxygens (including phenoxy) is 2. The number of carbonyl (C=O) groups excluding carboxylic acids is 2. The Morgan fingerprint density at radius 2 is 2.11 bits per heavy atom. The van der Waals surface area contributed by atoms with E-state index in [9.17, 15) is 24.6 Å². The molecule has 0 saturated carbocycles. The molecule has 1 aromatic carbocycles. The van der Waals surface area contributed by atoms with Crippen LogP contribution in [0.2, 0.25) is 0 Å². The number of cyclic esters (lactones) is 1. The van der Waals surface area contributed by atoms with E-state index < -0.39 is 41.5 Å². The first kappa shape index (κ1) is 23.6. The zero-order valence-electron chi connectivity index (χ0n) is 20.2. The van der Waals surface area contributed by atoms with E-state index in [0.717, 1.165) is 0 Å². The lowest BCUT2D eigenvalue weighted by molar-refractivity contribution is -0.172. The molecule has 3 aliphatic rings. The van der Waals surface area contributed by atoms with Gasteiger partial charge in [0.15, 0.2) is 17.2 Å². The van der Waals surface area contributed by atoms with Crippen LogP contribution in [-0.4, -0.2) is 45.4 Å². The number of hydrogen-bond donors (Lipinski definition) is 3. The summed E-state index contributed by atoms with van der Waals surface area (Å²) in [6.45, 7) is 0.799. The van der Waals surface area contributed by atoms with Crippen molar-refractivity contribution in [1.82, 2.24) is 14.9 Å². The summed E-state index contributed by atoms with van der Waals surface area (Å²) in [5, 5.41) is 23.9. The summed E-state index contributed by atoms with van der Waals surface area (Å²) in [5.74, 6) is -1.86. The molecule has 0 saturated heterocycles. The summed E-state index contributed by atoms with van der Waals surface area (Å²) in [4.78, 5) is 42.9. The number of fused-ring (bicyclic) bond motifs is 5. The first-order chi connectivity index (χ1) is 17.7. The second kappa shape index (κ2) is 8.09. The van der Waals surface area contributed by atoms with Gasteiger partial charge in [0.25, 0.3) is 5.56 Å². The fourth-order valence-corrected chi connectivity index (χ4v) is 5.97. The minimum atomic E-state index is -1.97. The monoisotopic (exact) mass is 509 g/mol. The Bertz CT molecular complexity index is 1600. The summed E-state index contributed by atoms with van der Waals surface area (Å²) in [6.07, 6.45) is 0.837. The molecule has 4 heterocycles. The SMILES string of the molecule is CC[C@@]1(O)C(=O)OCc2c1cc1n(c2=O)Cc2c-1nc1cc(F)c(OC)c3c1c2[C@H](NC(=O)CO)CC3. The Kier molecular flexibility index (Phi) is 5.15. The lowest BCUT2D eigenvalue weighted by Crippen LogP contribution is -2.44. The van der Waals surface area contributed by atoms with E-state index in [1.807, 2.05) is 0 Å². The maximum Gasteiger partial charge on any atom is 0.343 e. The molecule has 0 bridgehead atoms. The number of aromatic nitrogens is 2. The molecule has 11 heteroatoms. The molecular weight excluding hydrogens is 485 g/mol. The van der Waals surface area contributed by atoms with E-state index in [-0.39, 0.29) is 36.4 Å². The standard InChI is InChI=1S/C26H24FN3O7/c1-3-26(35)14-6-18-22-12(8-30(18)24(33)13(14)10-37-25(26)34)21-16(28-19(32)9-31)5-4-11-20(21)17(29-22)7-15(27)23(11)36-2/h6-7,16,31,35H,3-5,8-10H2,1-2H3,(H,28,32)/t16-,26+/m1/s1. The van der Waals surface area contributed by atoms with Gasteiger partial charge in [0.2, 0.25) is 5.91 Å². The van der Waals surface area contributed by atoms with Crippen LogP contribution in [-0.2, 0) is 39.5 Å². The predicted octanol–water partition coefficient (Wildman–Crippen LogP) is 1.32. The summed E-state index contributed by atoms with van der Waals surface area (Å²) in [5.41, 5.74) is 1.06. The van der Waals surface area contributed by atoms with Crippen LogP contribution in [0.5, 0.6) is 5.75 Å². The lowest BCUT2D eigenvalue weighted by atomic mass is 9.82. The van der Waals surface area contributed by atoms with Gasteiger partial charge in [0.05, 0.1) is 42.2 Å². The highest BCUT2D eigenvalue weighted by Crippen LogP contribution is 2.47. The molecule has 0 radical (unpaired) electrons. The van der Waals surface area contributed by atoms with Gasteiger partial charge >= 0.3 is 5.97 Å². The molecule has 0 spiro atoms. The Morgan fingerprint density at radius 3 is 2.81 bits per heavy atom. The summed E-state index contributed by atoms with van der Waals surface area (Å²) >= 11 is 0. The van der Waals surface area contributed by atoms with Gasteiger partial charge in [-0.15, -0.1) is 0 Å². The number of hydrogen-bond acceptors (Lipinski definition) is 8. The highest BCUT2D eigenvalue weighted by molar-refractivity contribution is 5.94. The van der Waals surface area contributed by atoms with Crippen molar-refractivity contribution in [2.24, 2.45) is 0 Å². The number of carbonyl (C=O) groups is 2. The van der Waals surface area contributed by atoms with Crippen molar-refractivity contribution in [3.05, 3.63) is 56.1 Å². The average Bonchev–Trinajstić information content (AvgIpc) is 3.26. The minimum absolute atomic E-state index is 0.00855. The van der Waals surface area contributed by atoms with Gasteiger partial charge in [-0.3, -0.25) is 9.59 Å². The Balaban J connectivity index is 1.67. The molecule has 2 aliphatic heterocycles. The molecule has 6 rings (SSSR count). The van der Waals surface area contributed by atoms with Crippen LogP contribution in [0, 0.1) is 5.82 Å². The van der Waals surface area contributed by atoms with Crippen molar-refractivity contribution in [3.63, 3.8) is 0 Å². The first-order valence-corrected chi connectivity index (χ1v) is 12.0. The number of esters is 1. The Hall–Kier alpha value is -3.83. The Labute approximate surface area is 209 Å². The maximum atomic E-state index is 15.0. The molecule has 2 aromatic heterocycles. The largest absolute Gasteiger partial charge is 0.493 e. The van der Waals surface area contributed by atoms with Crippen LogP contribution in [0.25, 0.3) is 22.3 Å². The van der Waals surface area contributed by atoms with Crippen LogP contribution < -0.4 is 15.6 Å². The molecule has 1 amide bonds. The van der Waals surface area contributed by atoms with Crippen molar-refractivity contribution in [2.75, 3.05) is 13.7 Å². The minimum Gasteiger partial charge on any atom is -0.493 e. The quantitative estimate of drug-likeness (QED) is 0.350. The number of amides is 1. The number of benzene rings is 1. The zero-order chi connectivity index (χ0) is 26.2. The van der Waals surface area contributed by atoms with Crippen LogP contribution in [0.15, 0.2) is 16.9 Å². The lowest BCUT2D eigenvalue weighted by Gasteiger charge is -2.31. The molecule has 192 valence electrons. The number of halogens is 1. The number of nitrogens with one attached hydrogen (secondary N) is 1. The molecule has 10 nitrogen and oxygen atoms in total. The van der Waals surface area contributed by atoms with Crippen LogP contribution >= 0.6 is 0 Å². The van der Waals surface area contributed by atoms with Gasteiger partial charge in [-0.05, 0) is 30.9 Å². The van der Waals surface area contributed by atoms with Crippen molar-refractivity contribution >= 4 is 22.8 Å². The molecular formula is C26H24FN3O7. The number of methoxy groups -OCH3 is 1. The predicted molar refractivity (Wildman–Crippen MR) is 127 cm³/mol. The van der Waals surface area contributed by atoms with Gasteiger partial charge in [0, 0.05) is 28.1 Å². The Morgan fingerprint density at radius 1 is 1.32 bits per heavy atom. The molecule has 3 N–H and O–H groups in total. The molecule has 0 unspecified atom stereocenters. The topological polar surface area (TPSA) is 140 Å². The van der Waals surface area contributed by atoms with Crippen molar-refractivity contribution in [2.45, 2.75) is 51.0 Å². The summed E-state index contributed by atoms with van der Waals surface area (Å²) < 4.78 is 27.0. The van der Waals surface area contributed by atoms with E-state index in [4.69, 9.17) is 14.5 Å². The van der Waals surface area contributed by atoms with Gasteiger partial charge in [-0.1, -0.05) is 6.92 Å². The summed E-state index contributed by atoms with van der Waals surface area (Å²) in [7, 11) is 1.39. The normalized spacial score (nSPS) is 21.2. The zero-order valence-corrected chi connectivity index (χ0v) is 20.2. The fraction of sp³-hybridized carbons (Fsp3) is 0.385. The number of aliphatic hydroxyl groups excluding tert-OH is 1. The maximum absolute atomic E-state index is 15.0. The van der Waals surface area contributed by atoms with Gasteiger partial charge in [-0.25, -0.2) is 14.2 Å². The number of rotatable bonds is 4. The second-order valence-corrected chi connectivity index (χ2v) is 9.54. The average molecular weight is 509 g/mol. The first-order valence-electron chi connectivity index (χ1n) is 12.0. The van der Waals surface area contributed by atoms with Crippen LogP contribution in [0.3, 0.4) is 0 Å². The molecule has 0 fully saturated rings. The van der Waals surface area contributed by atoms with Crippen molar-refractivity contribution in [3.8, 4) is 17.1 Å².